The van der Waals surface area contributed by atoms with Gasteiger partial charge in [-0.1, -0.05) is 13.0 Å². The van der Waals surface area contributed by atoms with E-state index in [1.807, 2.05) is 27.7 Å². The first-order valence-electron chi connectivity index (χ1n) is 19.6. The molecule has 2 aromatic carbocycles. The van der Waals surface area contributed by atoms with Crippen LogP contribution in [0.25, 0.3) is 10.9 Å². The second-order valence-electron chi connectivity index (χ2n) is 15.1. The lowest BCUT2D eigenvalue weighted by atomic mass is 10.1. The van der Waals surface area contributed by atoms with Crippen LogP contribution in [0.5, 0.6) is 0 Å². The van der Waals surface area contributed by atoms with Crippen LogP contribution in [0.1, 0.15) is 67.1 Å². The number of pyridine rings is 1. The first-order chi connectivity index (χ1) is 26.6. The number of carbonyl (C=O) groups excluding carboxylic acids is 1. The molecule has 0 radical (unpaired) electrons. The second kappa shape index (κ2) is 16.9. The number of anilines is 3. The molecule has 0 spiro atoms. The number of fused-ring (bicyclic) bond motifs is 1. The van der Waals surface area contributed by atoms with Crippen LogP contribution < -0.4 is 26.9 Å². The van der Waals surface area contributed by atoms with Crippen molar-refractivity contribution in [2.45, 2.75) is 71.5 Å². The van der Waals surface area contributed by atoms with Crippen LogP contribution in [0, 0.1) is 12.7 Å². The zero-order valence-electron chi connectivity index (χ0n) is 32.1. The molecule has 0 bridgehead atoms. The summed E-state index contributed by atoms with van der Waals surface area (Å²) >= 11 is 0. The number of aromatic amines is 1. The Morgan fingerprint density at radius 2 is 1.78 bits per heavy atom. The molecule has 1 saturated carbocycles. The van der Waals surface area contributed by atoms with E-state index in [1.54, 1.807) is 12.3 Å². The number of hydrogen-bond acceptors (Lipinski definition) is 10. The summed E-state index contributed by atoms with van der Waals surface area (Å²) in [5.74, 6) is -0.813. The van der Waals surface area contributed by atoms with Gasteiger partial charge in [0.1, 0.15) is 23.8 Å². The van der Waals surface area contributed by atoms with Gasteiger partial charge in [0.15, 0.2) is 0 Å². The standard InChI is InChI=1S/C41H52FN7O6/c1-4-29-21-30(8-7-27(29)2)43-37-24-38(50)48(41(53)44-37)12-6-5-11-46-13-14-47(25-28(46)3)36-23-35-32(22-34(36)42)39(51)33(26-49(35)31-9-10-31)40(52)55-20-17-45-15-18-54-19-16-45/h7-8,21-24,26,28,31,43H,4-6,9-20,25H2,1-3H3,(H,44,53). The first kappa shape index (κ1) is 38.5. The van der Waals surface area contributed by atoms with E-state index in [4.69, 9.17) is 9.47 Å². The molecule has 13 nitrogen and oxygen atoms in total. The van der Waals surface area contributed by atoms with Crippen LogP contribution in [-0.4, -0.2) is 102 Å². The molecule has 4 aromatic rings. The average Bonchev–Trinajstić information content (AvgIpc) is 4.02. The van der Waals surface area contributed by atoms with Crippen molar-refractivity contribution >= 4 is 34.1 Å². The molecule has 2 aliphatic heterocycles. The smallest absolute Gasteiger partial charge is 0.343 e. The van der Waals surface area contributed by atoms with E-state index in [9.17, 15) is 19.2 Å². The quantitative estimate of drug-likeness (QED) is 0.141. The maximum Gasteiger partial charge on any atom is 0.343 e. The molecule has 1 unspecified atom stereocenters. The zero-order chi connectivity index (χ0) is 38.6. The Labute approximate surface area is 319 Å². The molecule has 2 aromatic heterocycles. The van der Waals surface area contributed by atoms with Crippen LogP contribution in [-0.2, 0) is 22.4 Å². The summed E-state index contributed by atoms with van der Waals surface area (Å²) in [5.41, 5.74) is 2.90. The third-order valence-corrected chi connectivity index (χ3v) is 11.2. The number of morpholine rings is 1. The number of ether oxygens (including phenoxy) is 2. The molecule has 1 aliphatic carbocycles. The number of nitrogens with zero attached hydrogens (tertiary/aromatic N) is 5. The predicted octanol–water partition coefficient (Wildman–Crippen LogP) is 4.42. The molecule has 294 valence electrons. The van der Waals surface area contributed by atoms with Gasteiger partial charge in [0.05, 0.1) is 24.4 Å². The zero-order valence-corrected chi connectivity index (χ0v) is 32.1. The molecule has 3 fully saturated rings. The molecule has 55 heavy (non-hydrogen) atoms. The monoisotopic (exact) mass is 757 g/mol. The molecular weight excluding hydrogens is 705 g/mol. The highest BCUT2D eigenvalue weighted by molar-refractivity contribution is 5.94. The number of unbranched alkanes of at least 4 members (excludes halogenated alkanes) is 1. The van der Waals surface area contributed by atoms with E-state index < -0.39 is 22.9 Å². The minimum absolute atomic E-state index is 0.0668. The molecular formula is C41H52FN7O6. The van der Waals surface area contributed by atoms with E-state index in [2.05, 4.69) is 40.9 Å². The molecule has 7 rings (SSSR count). The van der Waals surface area contributed by atoms with E-state index in [0.717, 1.165) is 51.0 Å². The number of nitrogens with one attached hydrogen (secondary N) is 2. The number of rotatable bonds is 14. The van der Waals surface area contributed by atoms with Crippen molar-refractivity contribution in [2.75, 3.05) is 75.9 Å². The lowest BCUT2D eigenvalue weighted by molar-refractivity contribution is 0.0195. The van der Waals surface area contributed by atoms with Gasteiger partial charge in [0.2, 0.25) is 5.43 Å². The molecule has 4 heterocycles. The van der Waals surface area contributed by atoms with Gasteiger partial charge in [0.25, 0.3) is 5.56 Å². The lowest BCUT2D eigenvalue weighted by Crippen LogP contribution is -2.52. The molecule has 3 aliphatic rings. The predicted molar refractivity (Wildman–Crippen MR) is 212 cm³/mol. The molecule has 1 atom stereocenters. The topological polar surface area (TPSA) is 134 Å². The highest BCUT2D eigenvalue weighted by Gasteiger charge is 2.30. The number of aryl methyl sites for hydroxylation is 2. The summed E-state index contributed by atoms with van der Waals surface area (Å²) in [6.07, 6.45) is 5.77. The summed E-state index contributed by atoms with van der Waals surface area (Å²) < 4.78 is 29.9. The Kier molecular flexibility index (Phi) is 11.8. The number of hydrogen-bond donors (Lipinski definition) is 2. The van der Waals surface area contributed by atoms with E-state index in [1.165, 1.54) is 27.8 Å². The summed E-state index contributed by atoms with van der Waals surface area (Å²) in [4.78, 5) is 61.7. The number of halogens is 1. The second-order valence-corrected chi connectivity index (χ2v) is 15.1. The van der Waals surface area contributed by atoms with Crippen molar-refractivity contribution < 1.29 is 18.7 Å². The van der Waals surface area contributed by atoms with Gasteiger partial charge in [-0.2, -0.15) is 0 Å². The number of piperazine rings is 1. The minimum Gasteiger partial charge on any atom is -0.461 e. The summed E-state index contributed by atoms with van der Waals surface area (Å²) in [6.45, 7) is 12.8. The Bertz CT molecular complexity index is 2180. The van der Waals surface area contributed by atoms with Gasteiger partial charge in [-0.15, -0.1) is 0 Å². The number of aromatic nitrogens is 3. The van der Waals surface area contributed by atoms with Gasteiger partial charge in [-0.3, -0.25) is 28.9 Å². The van der Waals surface area contributed by atoms with Crippen LogP contribution >= 0.6 is 0 Å². The Morgan fingerprint density at radius 3 is 2.51 bits per heavy atom. The third kappa shape index (κ3) is 8.87. The van der Waals surface area contributed by atoms with Crippen LogP contribution in [0.3, 0.4) is 0 Å². The van der Waals surface area contributed by atoms with Crippen molar-refractivity contribution in [2.24, 2.45) is 0 Å². The Balaban J connectivity index is 0.949. The summed E-state index contributed by atoms with van der Waals surface area (Å²) in [6, 6.07) is 10.7. The fourth-order valence-corrected chi connectivity index (χ4v) is 7.79. The van der Waals surface area contributed by atoms with Crippen molar-refractivity contribution in [1.82, 2.24) is 23.9 Å². The van der Waals surface area contributed by atoms with Crippen LogP contribution in [0.15, 0.2) is 57.0 Å². The highest BCUT2D eigenvalue weighted by Crippen LogP contribution is 2.38. The van der Waals surface area contributed by atoms with Gasteiger partial charge in [-0.05, 0) is 87.9 Å². The van der Waals surface area contributed by atoms with Crippen molar-refractivity contribution in [3.05, 3.63) is 96.2 Å². The summed E-state index contributed by atoms with van der Waals surface area (Å²) in [7, 11) is 0. The third-order valence-electron chi connectivity index (χ3n) is 11.2. The number of H-pyrrole nitrogens is 1. The van der Waals surface area contributed by atoms with Crippen molar-refractivity contribution in [3.63, 3.8) is 0 Å². The first-order valence-corrected chi connectivity index (χ1v) is 19.6. The molecule has 2 N–H and O–H groups in total. The molecule has 0 amide bonds. The maximum absolute atomic E-state index is 15.9. The van der Waals surface area contributed by atoms with Crippen LogP contribution in [0.2, 0.25) is 0 Å². The normalized spacial score (nSPS) is 18.2. The largest absolute Gasteiger partial charge is 0.461 e. The number of carbonyl (C=O) groups is 1. The Morgan fingerprint density at radius 1 is 1.00 bits per heavy atom. The van der Waals surface area contributed by atoms with E-state index in [-0.39, 0.29) is 35.2 Å². The van der Waals surface area contributed by atoms with E-state index >= 15 is 4.39 Å². The fraction of sp³-hybridized carbons (Fsp3) is 0.512. The van der Waals surface area contributed by atoms with Gasteiger partial charge < -0.3 is 24.3 Å². The maximum atomic E-state index is 15.9. The van der Waals surface area contributed by atoms with Crippen molar-refractivity contribution in [3.8, 4) is 0 Å². The van der Waals surface area contributed by atoms with E-state index in [0.29, 0.717) is 69.4 Å². The van der Waals surface area contributed by atoms with Gasteiger partial charge >= 0.3 is 11.7 Å². The lowest BCUT2D eigenvalue weighted by Gasteiger charge is -2.41. The Hall–Kier alpha value is -4.79. The van der Waals surface area contributed by atoms with Gasteiger partial charge in [0, 0.05) is 81.2 Å². The SMILES string of the molecule is CCc1cc(Nc2cc(=O)n(CCCCN3CCN(c4cc5c(cc4F)c(=O)c(C(=O)OCCN4CCOCC4)cn5C4CC4)CC3C)c(=O)[nH]2)ccc1C. The number of benzene rings is 2. The summed E-state index contributed by atoms with van der Waals surface area (Å²) in [5, 5.41) is 3.34. The highest BCUT2D eigenvalue weighted by atomic mass is 19.1. The molecule has 2 saturated heterocycles. The molecule has 14 heteroatoms. The van der Waals surface area contributed by atoms with Crippen LogP contribution in [0.4, 0.5) is 21.6 Å². The average molecular weight is 758 g/mol. The van der Waals surface area contributed by atoms with Crippen molar-refractivity contribution in [1.29, 1.82) is 0 Å². The van der Waals surface area contributed by atoms with Gasteiger partial charge in [-0.25, -0.2) is 14.0 Å². The fourth-order valence-electron chi connectivity index (χ4n) is 7.79. The minimum atomic E-state index is -0.683. The number of esters is 1.